The fourth-order valence-corrected chi connectivity index (χ4v) is 2.80. The second kappa shape index (κ2) is 3.02. The monoisotopic (exact) mass is 190 g/mol. The van der Waals surface area contributed by atoms with Crippen LogP contribution >= 0.6 is 34.9 Å². The Hall–Kier alpha value is 0.130. The van der Waals surface area contributed by atoms with Crippen molar-refractivity contribution < 1.29 is 0 Å². The molecular formula is C5H6N2S3. The van der Waals surface area contributed by atoms with Crippen LogP contribution in [0.1, 0.15) is 0 Å². The van der Waals surface area contributed by atoms with Gasteiger partial charge in [0, 0.05) is 16.7 Å². The number of nitrogens with zero attached hydrogens (tertiary/aromatic N) is 1. The molecule has 0 amide bonds. The first-order chi connectivity index (χ1) is 4.95. The third-order valence-corrected chi connectivity index (χ3v) is 4.56. The molecule has 0 spiro atoms. The van der Waals surface area contributed by atoms with Gasteiger partial charge in [-0.1, -0.05) is 0 Å². The molecule has 1 saturated heterocycles. The summed E-state index contributed by atoms with van der Waals surface area (Å²) in [5.74, 6) is 0. The maximum atomic E-state index is 4.12. The van der Waals surface area contributed by atoms with Gasteiger partial charge < -0.3 is 5.32 Å². The maximum Gasteiger partial charge on any atom is 0.184 e. The summed E-state index contributed by atoms with van der Waals surface area (Å²) in [6.07, 6.45) is 1.82. The Morgan fingerprint density at radius 3 is 3.00 bits per heavy atom. The molecule has 54 valence electrons. The van der Waals surface area contributed by atoms with Crippen LogP contribution in [0.2, 0.25) is 0 Å². The number of hydrogen-bond acceptors (Lipinski definition) is 5. The lowest BCUT2D eigenvalue weighted by Gasteiger charge is -2.24. The molecule has 0 aliphatic carbocycles. The molecule has 2 heterocycles. The molecule has 1 N–H and O–H groups in total. The molecule has 1 aliphatic heterocycles. The van der Waals surface area contributed by atoms with Crippen LogP contribution in [0.5, 0.6) is 0 Å². The molecule has 2 rings (SSSR count). The van der Waals surface area contributed by atoms with Crippen molar-refractivity contribution in [2.75, 3.05) is 10.4 Å². The van der Waals surface area contributed by atoms with E-state index in [1.807, 2.05) is 35.1 Å². The van der Waals surface area contributed by atoms with E-state index < -0.39 is 0 Å². The lowest BCUT2D eigenvalue weighted by Crippen LogP contribution is -2.18. The zero-order valence-corrected chi connectivity index (χ0v) is 7.56. The molecule has 2 nitrogen and oxygen atoms in total. The predicted molar refractivity (Wildman–Crippen MR) is 49.6 cm³/mol. The van der Waals surface area contributed by atoms with E-state index >= 15 is 0 Å². The zero-order valence-electron chi connectivity index (χ0n) is 5.11. The maximum absolute atomic E-state index is 4.12. The summed E-state index contributed by atoms with van der Waals surface area (Å²) >= 11 is 5.50. The highest BCUT2D eigenvalue weighted by Crippen LogP contribution is 2.38. The lowest BCUT2D eigenvalue weighted by molar-refractivity contribution is 1.30. The standard InChI is InChI=1S/C5H6N2S3/c1-2-8-4(6-1)7-5-9-3-10-5/h1-2,5H,3H2,(H,6,7). The van der Waals surface area contributed by atoms with Crippen molar-refractivity contribution >= 4 is 40.0 Å². The Bertz CT molecular complexity index is 195. The summed E-state index contributed by atoms with van der Waals surface area (Å²) in [4.78, 5) is 4.12. The van der Waals surface area contributed by atoms with Gasteiger partial charge in [0.25, 0.3) is 0 Å². The molecule has 0 saturated carbocycles. The molecule has 0 atom stereocenters. The molecule has 0 unspecified atom stereocenters. The van der Waals surface area contributed by atoms with Gasteiger partial charge in [0.15, 0.2) is 5.13 Å². The number of hydrogen-bond donors (Lipinski definition) is 1. The van der Waals surface area contributed by atoms with Gasteiger partial charge in [-0.05, 0) is 0 Å². The highest BCUT2D eigenvalue weighted by atomic mass is 32.3. The van der Waals surface area contributed by atoms with E-state index in [1.54, 1.807) is 11.3 Å². The van der Waals surface area contributed by atoms with Crippen LogP contribution in [-0.4, -0.2) is 14.8 Å². The number of aromatic nitrogens is 1. The van der Waals surface area contributed by atoms with Gasteiger partial charge in [-0.15, -0.1) is 34.9 Å². The van der Waals surface area contributed by atoms with E-state index in [4.69, 9.17) is 0 Å². The lowest BCUT2D eigenvalue weighted by atomic mass is 11.0. The van der Waals surface area contributed by atoms with Crippen LogP contribution in [0.15, 0.2) is 11.6 Å². The molecular weight excluding hydrogens is 184 g/mol. The average molecular weight is 190 g/mol. The number of rotatable bonds is 2. The summed E-state index contributed by atoms with van der Waals surface area (Å²) in [6, 6.07) is 0. The van der Waals surface area contributed by atoms with E-state index in [0.717, 1.165) is 5.13 Å². The largest absolute Gasteiger partial charge is 0.341 e. The van der Waals surface area contributed by atoms with Crippen molar-refractivity contribution in [1.29, 1.82) is 0 Å². The summed E-state index contributed by atoms with van der Waals surface area (Å²) in [5, 5.41) is 7.52. The molecule has 1 aliphatic rings. The Kier molecular flexibility index (Phi) is 2.06. The van der Waals surface area contributed by atoms with E-state index in [0.29, 0.717) is 4.71 Å². The van der Waals surface area contributed by atoms with Crippen LogP contribution in [-0.2, 0) is 0 Å². The molecule has 1 aromatic heterocycles. The third-order valence-electron chi connectivity index (χ3n) is 1.11. The van der Waals surface area contributed by atoms with Crippen molar-refractivity contribution in [3.63, 3.8) is 0 Å². The minimum absolute atomic E-state index is 0.547. The minimum Gasteiger partial charge on any atom is -0.341 e. The van der Waals surface area contributed by atoms with Crippen molar-refractivity contribution in [1.82, 2.24) is 4.98 Å². The number of nitrogens with one attached hydrogen (secondary N) is 1. The van der Waals surface area contributed by atoms with Crippen molar-refractivity contribution in [3.05, 3.63) is 11.6 Å². The summed E-state index contributed by atoms with van der Waals surface area (Å²) in [5.41, 5.74) is 0. The molecule has 1 fully saturated rings. The second-order valence-corrected chi connectivity index (χ2v) is 5.51. The Morgan fingerprint density at radius 1 is 1.60 bits per heavy atom. The Labute approximate surface area is 71.8 Å². The van der Waals surface area contributed by atoms with Gasteiger partial charge in [-0.25, -0.2) is 4.98 Å². The number of thiazole rings is 1. The van der Waals surface area contributed by atoms with Gasteiger partial charge in [0.2, 0.25) is 0 Å². The van der Waals surface area contributed by atoms with Gasteiger partial charge in [-0.2, -0.15) is 0 Å². The van der Waals surface area contributed by atoms with Gasteiger partial charge in [0.05, 0.1) is 0 Å². The highest BCUT2D eigenvalue weighted by Gasteiger charge is 2.18. The summed E-state index contributed by atoms with van der Waals surface area (Å²) < 4.78 is 0.547. The van der Waals surface area contributed by atoms with Crippen molar-refractivity contribution in [3.8, 4) is 0 Å². The number of thioether (sulfide) groups is 2. The predicted octanol–water partition coefficient (Wildman–Crippen LogP) is 2.28. The summed E-state index contributed by atoms with van der Waals surface area (Å²) in [6.45, 7) is 0. The van der Waals surface area contributed by atoms with Gasteiger partial charge >= 0.3 is 0 Å². The molecule has 10 heavy (non-hydrogen) atoms. The van der Waals surface area contributed by atoms with E-state index in [1.165, 1.54) is 5.08 Å². The van der Waals surface area contributed by atoms with Crippen LogP contribution < -0.4 is 5.32 Å². The van der Waals surface area contributed by atoms with E-state index in [9.17, 15) is 0 Å². The van der Waals surface area contributed by atoms with Gasteiger partial charge in [0.1, 0.15) is 4.71 Å². The third kappa shape index (κ3) is 1.41. The van der Waals surface area contributed by atoms with Crippen LogP contribution in [0, 0.1) is 0 Å². The van der Waals surface area contributed by atoms with Crippen molar-refractivity contribution in [2.24, 2.45) is 0 Å². The Morgan fingerprint density at radius 2 is 2.50 bits per heavy atom. The average Bonchev–Trinajstić information content (AvgIpc) is 2.29. The van der Waals surface area contributed by atoms with Crippen molar-refractivity contribution in [2.45, 2.75) is 4.71 Å². The first-order valence-corrected chi connectivity index (χ1v) is 5.82. The van der Waals surface area contributed by atoms with Crippen LogP contribution in [0.25, 0.3) is 0 Å². The number of anilines is 1. The zero-order chi connectivity index (χ0) is 6.81. The molecule has 1 aromatic rings. The second-order valence-electron chi connectivity index (χ2n) is 1.76. The topological polar surface area (TPSA) is 24.9 Å². The molecule has 0 radical (unpaired) electrons. The normalized spacial score (nSPS) is 18.4. The fourth-order valence-electron chi connectivity index (χ4n) is 0.615. The van der Waals surface area contributed by atoms with E-state index in [-0.39, 0.29) is 0 Å². The summed E-state index contributed by atoms with van der Waals surface area (Å²) in [7, 11) is 0. The van der Waals surface area contributed by atoms with Gasteiger partial charge in [-0.3, -0.25) is 0 Å². The first kappa shape index (κ1) is 6.82. The SMILES string of the molecule is c1csc(NC2SCS2)n1. The minimum atomic E-state index is 0.547. The van der Waals surface area contributed by atoms with E-state index in [2.05, 4.69) is 10.3 Å². The molecule has 0 bridgehead atoms. The Balaban J connectivity index is 1.90. The quantitative estimate of drug-likeness (QED) is 0.773. The highest BCUT2D eigenvalue weighted by molar-refractivity contribution is 8.32. The first-order valence-electron chi connectivity index (χ1n) is 2.84. The fraction of sp³-hybridized carbons (Fsp3) is 0.400. The smallest absolute Gasteiger partial charge is 0.184 e. The molecule has 0 aromatic carbocycles. The molecule has 5 heteroatoms. The van der Waals surface area contributed by atoms with Crippen LogP contribution in [0.3, 0.4) is 0 Å². The van der Waals surface area contributed by atoms with Crippen LogP contribution in [0.4, 0.5) is 5.13 Å².